The van der Waals surface area contributed by atoms with Crippen LogP contribution in [0.15, 0.2) is 21.9 Å². The Hall–Kier alpha value is -0.482. The van der Waals surface area contributed by atoms with Crippen molar-refractivity contribution in [3.63, 3.8) is 0 Å². The molecule has 1 aliphatic heterocycles. The summed E-state index contributed by atoms with van der Waals surface area (Å²) < 4.78 is 26.8. The first kappa shape index (κ1) is 15.9. The number of hydrogen-bond donors (Lipinski definition) is 1. The molecule has 2 heterocycles. The van der Waals surface area contributed by atoms with Crippen molar-refractivity contribution in [3.05, 3.63) is 33.1 Å². The molecule has 0 amide bonds. The molecular formula is C11H15FN2O4PW+. The van der Waals surface area contributed by atoms with E-state index in [1.807, 2.05) is 6.66 Å². The molecule has 20 heavy (non-hydrogen) atoms. The fraction of sp³-hybridized carbons (Fsp3) is 0.636. The molecule has 0 spiro atoms. The maximum atomic E-state index is 14.6. The Bertz CT molecular complexity index is 629. The van der Waals surface area contributed by atoms with Crippen molar-refractivity contribution in [2.45, 2.75) is 31.3 Å². The zero-order chi connectivity index (χ0) is 14.9. The van der Waals surface area contributed by atoms with Gasteiger partial charge in [-0.3, -0.25) is 0 Å². The van der Waals surface area contributed by atoms with E-state index in [9.17, 15) is 14.0 Å². The second-order valence-corrected chi connectivity index (χ2v) is 11.5. The number of ether oxygens (including phenoxy) is 1. The van der Waals surface area contributed by atoms with Crippen molar-refractivity contribution in [1.29, 1.82) is 0 Å². The van der Waals surface area contributed by atoms with Crippen LogP contribution in [0.2, 0.25) is 0 Å². The second-order valence-electron chi connectivity index (χ2n) is 4.85. The van der Waals surface area contributed by atoms with E-state index in [1.54, 1.807) is 0 Å². The van der Waals surface area contributed by atoms with Crippen molar-refractivity contribution in [1.82, 2.24) is 9.55 Å². The van der Waals surface area contributed by atoms with Crippen LogP contribution in [0.3, 0.4) is 0 Å². The molecule has 1 aliphatic rings. The summed E-state index contributed by atoms with van der Waals surface area (Å²) in [5.41, 5.74) is -2.88. The Morgan fingerprint density at radius 3 is 3.00 bits per heavy atom. The number of aromatic nitrogens is 2. The van der Waals surface area contributed by atoms with E-state index in [4.69, 9.17) is 9.26 Å². The number of alkyl halides is 1. The summed E-state index contributed by atoms with van der Waals surface area (Å²) in [6, 6.07) is 1.17. The predicted molar refractivity (Wildman–Crippen MR) is 68.2 cm³/mol. The van der Waals surface area contributed by atoms with Gasteiger partial charge in [-0.05, 0) is 0 Å². The SMILES string of the molecule is C[P+](=[W])OC[C@@H]1C[C@@](C)(F)[C@H](n2ccc(=O)[nH]c2=O)O1. The quantitative estimate of drug-likeness (QED) is 0.665. The monoisotopic (exact) mass is 473 g/mol. The Kier molecular flexibility index (Phi) is 4.85. The van der Waals surface area contributed by atoms with Gasteiger partial charge in [0, 0.05) is 0 Å². The molecular weight excluding hydrogens is 458 g/mol. The van der Waals surface area contributed by atoms with Crippen molar-refractivity contribution in [2.24, 2.45) is 0 Å². The number of rotatable bonds is 4. The molecule has 0 saturated carbocycles. The predicted octanol–water partition coefficient (Wildman–Crippen LogP) is 1.06. The van der Waals surface area contributed by atoms with Gasteiger partial charge in [0.05, 0.1) is 0 Å². The number of hydrogen-bond acceptors (Lipinski definition) is 4. The summed E-state index contributed by atoms with van der Waals surface area (Å²) >= 11 is 1.35. The Balaban J connectivity index is 2.21. The van der Waals surface area contributed by atoms with Gasteiger partial charge in [0.15, 0.2) is 0 Å². The summed E-state index contributed by atoms with van der Waals surface area (Å²) in [6.07, 6.45) is -0.0310. The zero-order valence-corrected chi connectivity index (χ0v) is 14.9. The van der Waals surface area contributed by atoms with Crippen molar-refractivity contribution in [2.75, 3.05) is 13.3 Å². The Morgan fingerprint density at radius 1 is 1.70 bits per heavy atom. The summed E-state index contributed by atoms with van der Waals surface area (Å²) in [5.74, 6) is -0.462. The molecule has 9 heteroatoms. The normalized spacial score (nSPS) is 30.4. The topological polar surface area (TPSA) is 73.3 Å². The third-order valence-electron chi connectivity index (χ3n) is 3.01. The van der Waals surface area contributed by atoms with Gasteiger partial charge in [0.2, 0.25) is 0 Å². The van der Waals surface area contributed by atoms with E-state index in [-0.39, 0.29) is 6.42 Å². The molecule has 110 valence electrons. The van der Waals surface area contributed by atoms with Gasteiger partial charge >= 0.3 is 126 Å². The van der Waals surface area contributed by atoms with Gasteiger partial charge < -0.3 is 0 Å². The Labute approximate surface area is 125 Å². The molecule has 1 unspecified atom stereocenters. The third-order valence-corrected chi connectivity index (χ3v) is 4.66. The van der Waals surface area contributed by atoms with Crippen LogP contribution < -0.4 is 11.2 Å². The standard InChI is InChI=1S/C11H15FN2O4P.W/c1-11(12)5-7(6-17-19-2)18-9(11)14-4-3-8(15)13-10(14)16;/h3-4,7,9H,5-6H2,1-2H3,(H,13,15,16);/q-1;+2/t7-,9+,11+;/m0./s1. The van der Waals surface area contributed by atoms with Crippen LogP contribution in [0.5, 0.6) is 0 Å². The number of aromatic amines is 1. The van der Waals surface area contributed by atoms with Gasteiger partial charge in [0.25, 0.3) is 0 Å². The number of nitrogens with zero attached hydrogens (tertiary/aromatic N) is 1. The summed E-state index contributed by atoms with van der Waals surface area (Å²) in [4.78, 5) is 24.9. The molecule has 0 bridgehead atoms. The van der Waals surface area contributed by atoms with Gasteiger partial charge in [-0.25, -0.2) is 0 Å². The van der Waals surface area contributed by atoms with Gasteiger partial charge in [-0.1, -0.05) is 0 Å². The van der Waals surface area contributed by atoms with Crippen LogP contribution in [-0.2, 0) is 28.1 Å². The summed E-state index contributed by atoms with van der Waals surface area (Å²) in [6.45, 7) is 3.69. The van der Waals surface area contributed by atoms with Crippen molar-refractivity contribution < 1.29 is 32.5 Å². The molecule has 2 rings (SSSR count). The minimum atomic E-state index is -1.69. The Morgan fingerprint density at radius 2 is 2.40 bits per heavy atom. The van der Waals surface area contributed by atoms with E-state index in [2.05, 4.69) is 4.98 Å². The molecule has 1 saturated heterocycles. The molecule has 0 aromatic carbocycles. The number of halogens is 1. The fourth-order valence-electron chi connectivity index (χ4n) is 2.17. The van der Waals surface area contributed by atoms with Crippen LogP contribution in [-0.4, -0.2) is 34.6 Å². The summed E-state index contributed by atoms with van der Waals surface area (Å²) in [5, 5.41) is 0. The minimum absolute atomic E-state index is 0.155. The first-order chi connectivity index (χ1) is 9.29. The average Bonchev–Trinajstić information content (AvgIpc) is 2.62. The number of nitrogens with one attached hydrogen (secondary N) is 1. The first-order valence-corrected chi connectivity index (χ1v) is 11.6. The van der Waals surface area contributed by atoms with E-state index >= 15 is 0 Å². The third kappa shape index (κ3) is 3.58. The van der Waals surface area contributed by atoms with E-state index in [1.165, 1.54) is 38.0 Å². The van der Waals surface area contributed by atoms with Crippen molar-refractivity contribution in [3.8, 4) is 0 Å². The molecule has 6 nitrogen and oxygen atoms in total. The molecule has 1 fully saturated rings. The summed E-state index contributed by atoms with van der Waals surface area (Å²) in [7, 11) is 0. The van der Waals surface area contributed by atoms with Gasteiger partial charge in [-0.2, -0.15) is 0 Å². The molecule has 1 aromatic rings. The molecule has 0 radical (unpaired) electrons. The van der Waals surface area contributed by atoms with Gasteiger partial charge in [-0.15, -0.1) is 0 Å². The van der Waals surface area contributed by atoms with E-state index in [0.29, 0.717) is 6.61 Å². The van der Waals surface area contributed by atoms with E-state index in [0.717, 1.165) is 4.57 Å². The van der Waals surface area contributed by atoms with E-state index < -0.39 is 35.0 Å². The van der Waals surface area contributed by atoms with Crippen LogP contribution in [0, 0.1) is 0 Å². The van der Waals surface area contributed by atoms with Crippen LogP contribution in [0.4, 0.5) is 4.39 Å². The molecule has 1 aromatic heterocycles. The fourth-order valence-corrected chi connectivity index (χ4v) is 3.20. The maximum absolute atomic E-state index is 14.6. The second kappa shape index (κ2) is 6.10. The molecule has 4 atom stereocenters. The van der Waals surface area contributed by atoms with Crippen molar-refractivity contribution >= 4 is 5.78 Å². The molecule has 0 aliphatic carbocycles. The van der Waals surface area contributed by atoms with Crippen LogP contribution >= 0.6 is 5.78 Å². The van der Waals surface area contributed by atoms with Crippen LogP contribution in [0.1, 0.15) is 19.6 Å². The zero-order valence-electron chi connectivity index (χ0n) is 11.0. The number of H-pyrrole nitrogens is 1. The van der Waals surface area contributed by atoms with Crippen LogP contribution in [0.25, 0.3) is 0 Å². The van der Waals surface area contributed by atoms with Gasteiger partial charge in [0.1, 0.15) is 0 Å². The first-order valence-electron chi connectivity index (χ1n) is 5.99. The average molecular weight is 473 g/mol. The molecule has 1 N–H and O–H groups in total.